The summed E-state index contributed by atoms with van der Waals surface area (Å²) in [6.45, 7) is 7.56. The van der Waals surface area contributed by atoms with Crippen LogP contribution in [0.3, 0.4) is 0 Å². The first-order valence-corrected chi connectivity index (χ1v) is 7.59. The highest BCUT2D eigenvalue weighted by Crippen LogP contribution is 2.25. The molecule has 0 bridgehead atoms. The molecule has 0 heterocycles. The molecular formula is C15H28N2O4. The summed E-state index contributed by atoms with van der Waals surface area (Å²) in [5, 5.41) is 2.89. The van der Waals surface area contributed by atoms with E-state index in [1.54, 1.807) is 6.92 Å². The first-order valence-electron chi connectivity index (χ1n) is 7.59. The van der Waals surface area contributed by atoms with Gasteiger partial charge in [-0.3, -0.25) is 4.79 Å². The first kappa shape index (κ1) is 17.8. The number of hydrogen-bond acceptors (Lipinski definition) is 5. The van der Waals surface area contributed by atoms with Crippen molar-refractivity contribution in [1.82, 2.24) is 5.32 Å². The van der Waals surface area contributed by atoms with Gasteiger partial charge in [-0.05, 0) is 59.3 Å². The Balaban J connectivity index is 2.23. The Morgan fingerprint density at radius 1 is 1.24 bits per heavy atom. The first-order chi connectivity index (χ1) is 9.67. The van der Waals surface area contributed by atoms with E-state index in [1.165, 1.54) is 0 Å². The van der Waals surface area contributed by atoms with E-state index in [0.29, 0.717) is 12.5 Å². The molecule has 1 rings (SSSR count). The van der Waals surface area contributed by atoms with E-state index < -0.39 is 11.6 Å². The fraction of sp³-hybridized carbons (Fsp3) is 0.867. The molecule has 0 aromatic heterocycles. The van der Waals surface area contributed by atoms with E-state index in [2.05, 4.69) is 5.32 Å². The fourth-order valence-electron chi connectivity index (χ4n) is 2.28. The topological polar surface area (TPSA) is 90.7 Å². The molecule has 1 atom stereocenters. The zero-order valence-electron chi connectivity index (χ0n) is 13.5. The Morgan fingerprint density at radius 2 is 1.81 bits per heavy atom. The highest BCUT2D eigenvalue weighted by molar-refractivity contribution is 5.74. The standard InChI is InChI=1S/C15H28N2O4/c1-10(16)13(18)20-9-11-5-7-12(8-6-11)17-14(19)21-15(2,3)4/h10-12H,5-9,16H2,1-4H3,(H,17,19)/t10-,11-,12-/m0/s1. The highest BCUT2D eigenvalue weighted by atomic mass is 16.6. The van der Waals surface area contributed by atoms with Crippen LogP contribution in [0.1, 0.15) is 53.4 Å². The molecule has 0 spiro atoms. The second kappa shape index (κ2) is 7.64. The minimum Gasteiger partial charge on any atom is -0.464 e. The maximum atomic E-state index is 11.7. The molecule has 0 unspecified atom stereocenters. The molecule has 1 fully saturated rings. The van der Waals surface area contributed by atoms with Gasteiger partial charge in [-0.1, -0.05) is 0 Å². The molecule has 1 amide bonds. The Bertz CT molecular complexity index is 355. The average Bonchev–Trinajstić information content (AvgIpc) is 2.35. The molecule has 0 saturated heterocycles. The fourth-order valence-corrected chi connectivity index (χ4v) is 2.28. The van der Waals surface area contributed by atoms with Crippen LogP contribution in [0.15, 0.2) is 0 Å². The Hall–Kier alpha value is -1.30. The van der Waals surface area contributed by atoms with Crippen molar-refractivity contribution in [3.8, 4) is 0 Å². The molecule has 0 aromatic carbocycles. The maximum absolute atomic E-state index is 11.7. The van der Waals surface area contributed by atoms with Gasteiger partial charge in [0.2, 0.25) is 0 Å². The third-order valence-corrected chi connectivity index (χ3v) is 3.40. The summed E-state index contributed by atoms with van der Waals surface area (Å²) in [6.07, 6.45) is 3.23. The van der Waals surface area contributed by atoms with Crippen molar-refractivity contribution >= 4 is 12.1 Å². The monoisotopic (exact) mass is 300 g/mol. The molecule has 21 heavy (non-hydrogen) atoms. The third kappa shape index (κ3) is 7.32. The number of nitrogens with one attached hydrogen (secondary N) is 1. The maximum Gasteiger partial charge on any atom is 0.407 e. The zero-order chi connectivity index (χ0) is 16.0. The summed E-state index contributed by atoms with van der Waals surface area (Å²) >= 11 is 0. The van der Waals surface area contributed by atoms with Gasteiger partial charge in [-0.15, -0.1) is 0 Å². The SMILES string of the molecule is C[C@H](N)C(=O)OC[C@H]1CC[C@H](NC(=O)OC(C)(C)C)CC1. The molecule has 0 aliphatic heterocycles. The lowest BCUT2D eigenvalue weighted by molar-refractivity contribution is -0.146. The van der Waals surface area contributed by atoms with Crippen LogP contribution in [0, 0.1) is 5.92 Å². The molecule has 6 heteroatoms. The van der Waals surface area contributed by atoms with E-state index in [9.17, 15) is 9.59 Å². The summed E-state index contributed by atoms with van der Waals surface area (Å²) in [5.74, 6) is -0.00612. The number of nitrogens with two attached hydrogens (primary N) is 1. The predicted molar refractivity (Wildman–Crippen MR) is 79.7 cm³/mol. The number of rotatable bonds is 4. The van der Waals surface area contributed by atoms with Crippen molar-refractivity contribution in [3.63, 3.8) is 0 Å². The lowest BCUT2D eigenvalue weighted by atomic mass is 9.86. The van der Waals surface area contributed by atoms with Crippen LogP contribution >= 0.6 is 0 Å². The molecule has 1 aliphatic rings. The summed E-state index contributed by atoms with van der Waals surface area (Å²) in [5.41, 5.74) is 4.97. The average molecular weight is 300 g/mol. The van der Waals surface area contributed by atoms with Crippen LogP contribution in [-0.2, 0) is 14.3 Å². The summed E-state index contributed by atoms with van der Waals surface area (Å²) < 4.78 is 10.4. The third-order valence-electron chi connectivity index (χ3n) is 3.40. The van der Waals surface area contributed by atoms with Gasteiger partial charge in [-0.25, -0.2) is 4.79 Å². The molecule has 0 aromatic rings. The predicted octanol–water partition coefficient (Wildman–Crippen LogP) is 1.96. The summed E-state index contributed by atoms with van der Waals surface area (Å²) in [7, 11) is 0. The molecular weight excluding hydrogens is 272 g/mol. The van der Waals surface area contributed by atoms with Crippen LogP contribution < -0.4 is 11.1 Å². The number of carbonyl (C=O) groups is 2. The van der Waals surface area contributed by atoms with Gasteiger partial charge in [0, 0.05) is 6.04 Å². The van der Waals surface area contributed by atoms with Crippen LogP contribution in [0.4, 0.5) is 4.79 Å². The summed E-state index contributed by atoms with van der Waals surface area (Å²) in [4.78, 5) is 23.0. The molecule has 1 saturated carbocycles. The van der Waals surface area contributed by atoms with Crippen molar-refractivity contribution in [1.29, 1.82) is 0 Å². The van der Waals surface area contributed by atoms with Crippen molar-refractivity contribution < 1.29 is 19.1 Å². The van der Waals surface area contributed by atoms with Crippen molar-refractivity contribution in [2.45, 2.75) is 71.1 Å². The number of carbonyl (C=O) groups excluding carboxylic acids is 2. The lowest BCUT2D eigenvalue weighted by Crippen LogP contribution is -2.41. The number of esters is 1. The van der Waals surface area contributed by atoms with Crippen LogP contribution in [-0.4, -0.2) is 36.4 Å². The normalized spacial score (nSPS) is 24.0. The number of ether oxygens (including phenoxy) is 2. The Kier molecular flexibility index (Phi) is 6.45. The van der Waals surface area contributed by atoms with Crippen molar-refractivity contribution in [2.75, 3.05) is 6.61 Å². The van der Waals surface area contributed by atoms with Crippen molar-refractivity contribution in [2.24, 2.45) is 11.7 Å². The van der Waals surface area contributed by atoms with E-state index in [-0.39, 0.29) is 18.1 Å². The highest BCUT2D eigenvalue weighted by Gasteiger charge is 2.25. The minimum absolute atomic E-state index is 0.139. The van der Waals surface area contributed by atoms with Gasteiger partial charge >= 0.3 is 12.1 Å². The Morgan fingerprint density at radius 3 is 2.29 bits per heavy atom. The Labute approximate surface area is 126 Å². The molecule has 122 valence electrons. The molecule has 0 radical (unpaired) electrons. The number of alkyl carbamates (subject to hydrolysis) is 1. The molecule has 1 aliphatic carbocycles. The van der Waals surface area contributed by atoms with E-state index in [4.69, 9.17) is 15.2 Å². The summed E-state index contributed by atoms with van der Waals surface area (Å²) in [6, 6.07) is -0.435. The van der Waals surface area contributed by atoms with E-state index in [1.807, 2.05) is 20.8 Å². The number of amides is 1. The number of hydrogen-bond donors (Lipinski definition) is 2. The zero-order valence-corrected chi connectivity index (χ0v) is 13.5. The van der Waals surface area contributed by atoms with Crippen molar-refractivity contribution in [3.05, 3.63) is 0 Å². The lowest BCUT2D eigenvalue weighted by Gasteiger charge is -2.29. The van der Waals surface area contributed by atoms with Gasteiger partial charge in [0.25, 0.3) is 0 Å². The second-order valence-electron chi connectivity index (χ2n) is 6.78. The second-order valence-corrected chi connectivity index (χ2v) is 6.78. The van der Waals surface area contributed by atoms with E-state index in [0.717, 1.165) is 25.7 Å². The van der Waals surface area contributed by atoms with E-state index >= 15 is 0 Å². The van der Waals surface area contributed by atoms with Crippen LogP contribution in [0.25, 0.3) is 0 Å². The largest absolute Gasteiger partial charge is 0.464 e. The van der Waals surface area contributed by atoms with Gasteiger partial charge < -0.3 is 20.5 Å². The molecule has 3 N–H and O–H groups in total. The van der Waals surface area contributed by atoms with Gasteiger partial charge in [0.1, 0.15) is 11.6 Å². The van der Waals surface area contributed by atoms with Gasteiger partial charge in [-0.2, -0.15) is 0 Å². The molecule has 6 nitrogen and oxygen atoms in total. The van der Waals surface area contributed by atoms with Crippen LogP contribution in [0.2, 0.25) is 0 Å². The smallest absolute Gasteiger partial charge is 0.407 e. The minimum atomic E-state index is -0.574. The van der Waals surface area contributed by atoms with Gasteiger partial charge in [0.05, 0.1) is 6.61 Å². The van der Waals surface area contributed by atoms with Crippen LogP contribution in [0.5, 0.6) is 0 Å². The van der Waals surface area contributed by atoms with Gasteiger partial charge in [0.15, 0.2) is 0 Å². The quantitative estimate of drug-likeness (QED) is 0.774.